The first-order valence-corrected chi connectivity index (χ1v) is 9.00. The van der Waals surface area contributed by atoms with Crippen LogP contribution in [0.4, 0.5) is 0 Å². The summed E-state index contributed by atoms with van der Waals surface area (Å²) < 4.78 is 5.43. The molecule has 2 saturated heterocycles. The van der Waals surface area contributed by atoms with Crippen LogP contribution in [0.1, 0.15) is 42.2 Å². The molecule has 1 amide bonds. The van der Waals surface area contributed by atoms with Crippen molar-refractivity contribution in [2.45, 2.75) is 32.7 Å². The van der Waals surface area contributed by atoms with Crippen LogP contribution in [0.15, 0.2) is 5.38 Å². The largest absolute Gasteiger partial charge is 0.379 e. The van der Waals surface area contributed by atoms with E-state index in [4.69, 9.17) is 4.74 Å². The number of nitrogens with zero attached hydrogens (tertiary/aromatic N) is 3. The van der Waals surface area contributed by atoms with Crippen molar-refractivity contribution in [3.63, 3.8) is 0 Å². The molecule has 3 heterocycles. The fraction of sp³-hybridized carbons (Fsp3) is 0.750. The SMILES string of the molecule is CC(C)c1nc(C(=O)N2C[C@@H](N3CCOCC3)[C@@H](C)C2)cs1. The van der Waals surface area contributed by atoms with Gasteiger partial charge in [0.15, 0.2) is 0 Å². The number of ether oxygens (including phenoxy) is 1. The molecule has 2 aliphatic rings. The number of carbonyl (C=O) groups excluding carboxylic acids is 1. The van der Waals surface area contributed by atoms with Crippen LogP contribution in [0.3, 0.4) is 0 Å². The Morgan fingerprint density at radius 2 is 2.09 bits per heavy atom. The molecular formula is C16H25N3O2S. The van der Waals surface area contributed by atoms with Crippen molar-refractivity contribution in [3.05, 3.63) is 16.1 Å². The van der Waals surface area contributed by atoms with E-state index in [-0.39, 0.29) is 5.91 Å². The van der Waals surface area contributed by atoms with E-state index in [2.05, 4.69) is 30.7 Å². The molecule has 5 nitrogen and oxygen atoms in total. The third-order valence-electron chi connectivity index (χ3n) is 4.61. The quantitative estimate of drug-likeness (QED) is 0.854. The zero-order valence-corrected chi connectivity index (χ0v) is 14.4. The average molecular weight is 323 g/mol. The molecule has 2 aliphatic heterocycles. The zero-order chi connectivity index (χ0) is 15.7. The highest BCUT2D eigenvalue weighted by Crippen LogP contribution is 2.25. The summed E-state index contributed by atoms with van der Waals surface area (Å²) in [5.41, 5.74) is 0.614. The third kappa shape index (κ3) is 3.19. The van der Waals surface area contributed by atoms with E-state index in [0.29, 0.717) is 23.6 Å². The summed E-state index contributed by atoms with van der Waals surface area (Å²) in [6, 6.07) is 0.455. The van der Waals surface area contributed by atoms with Gasteiger partial charge in [-0.05, 0) is 5.92 Å². The van der Waals surface area contributed by atoms with E-state index in [1.54, 1.807) is 11.3 Å². The van der Waals surface area contributed by atoms with Crippen LogP contribution in [0.2, 0.25) is 0 Å². The summed E-state index contributed by atoms with van der Waals surface area (Å²) in [4.78, 5) is 21.6. The number of carbonyl (C=O) groups is 1. The maximum atomic E-state index is 12.7. The first-order chi connectivity index (χ1) is 10.6. The molecule has 2 atom stereocenters. The van der Waals surface area contributed by atoms with Crippen LogP contribution >= 0.6 is 11.3 Å². The van der Waals surface area contributed by atoms with Crippen molar-refractivity contribution in [3.8, 4) is 0 Å². The highest BCUT2D eigenvalue weighted by Gasteiger charge is 2.37. The van der Waals surface area contributed by atoms with Gasteiger partial charge in [-0.2, -0.15) is 0 Å². The second-order valence-corrected chi connectivity index (χ2v) is 7.52. The minimum Gasteiger partial charge on any atom is -0.379 e. The van der Waals surface area contributed by atoms with E-state index in [1.807, 2.05) is 10.3 Å². The highest BCUT2D eigenvalue weighted by molar-refractivity contribution is 7.09. The number of aromatic nitrogens is 1. The van der Waals surface area contributed by atoms with Gasteiger partial charge in [-0.25, -0.2) is 4.98 Å². The molecule has 1 aromatic heterocycles. The summed E-state index contributed by atoms with van der Waals surface area (Å²) in [5, 5.41) is 2.95. The molecule has 0 radical (unpaired) electrons. The molecule has 122 valence electrons. The van der Waals surface area contributed by atoms with Crippen molar-refractivity contribution < 1.29 is 9.53 Å². The zero-order valence-electron chi connectivity index (χ0n) is 13.6. The molecule has 0 N–H and O–H groups in total. The first-order valence-electron chi connectivity index (χ1n) is 8.12. The Labute approximate surface area is 136 Å². The minimum absolute atomic E-state index is 0.0887. The van der Waals surface area contributed by atoms with E-state index < -0.39 is 0 Å². The maximum absolute atomic E-state index is 12.7. The summed E-state index contributed by atoms with van der Waals surface area (Å²) >= 11 is 1.59. The van der Waals surface area contributed by atoms with Crippen LogP contribution < -0.4 is 0 Å². The predicted octanol–water partition coefficient (Wildman–Crippen LogP) is 2.06. The van der Waals surface area contributed by atoms with Crippen LogP contribution in [-0.2, 0) is 4.74 Å². The Bertz CT molecular complexity index is 525. The predicted molar refractivity (Wildman–Crippen MR) is 87.5 cm³/mol. The molecule has 0 aromatic carbocycles. The highest BCUT2D eigenvalue weighted by atomic mass is 32.1. The van der Waals surface area contributed by atoms with Gasteiger partial charge in [0.2, 0.25) is 0 Å². The number of thiazole rings is 1. The van der Waals surface area contributed by atoms with E-state index in [0.717, 1.165) is 44.4 Å². The van der Waals surface area contributed by atoms with Crippen molar-refractivity contribution in [2.75, 3.05) is 39.4 Å². The Kier molecular flexibility index (Phi) is 4.80. The van der Waals surface area contributed by atoms with Crippen LogP contribution in [-0.4, -0.2) is 66.1 Å². The number of likely N-dealkylation sites (tertiary alicyclic amines) is 1. The summed E-state index contributed by atoms with van der Waals surface area (Å²) in [6.07, 6.45) is 0. The number of hydrogen-bond acceptors (Lipinski definition) is 5. The van der Waals surface area contributed by atoms with Gasteiger partial charge in [0.1, 0.15) is 5.69 Å². The molecule has 1 aromatic rings. The lowest BCUT2D eigenvalue weighted by atomic mass is 10.0. The van der Waals surface area contributed by atoms with E-state index in [1.165, 1.54) is 0 Å². The van der Waals surface area contributed by atoms with Gasteiger partial charge in [-0.15, -0.1) is 11.3 Å². The van der Waals surface area contributed by atoms with Crippen molar-refractivity contribution >= 4 is 17.2 Å². The molecule has 6 heteroatoms. The molecule has 2 fully saturated rings. The molecule has 3 rings (SSSR count). The second-order valence-electron chi connectivity index (χ2n) is 6.63. The molecule has 22 heavy (non-hydrogen) atoms. The van der Waals surface area contributed by atoms with Crippen molar-refractivity contribution in [2.24, 2.45) is 5.92 Å². The van der Waals surface area contributed by atoms with Crippen LogP contribution in [0, 0.1) is 5.92 Å². The second kappa shape index (κ2) is 6.64. The normalized spacial score (nSPS) is 26.8. The topological polar surface area (TPSA) is 45.7 Å². The summed E-state index contributed by atoms with van der Waals surface area (Å²) in [7, 11) is 0. The lowest BCUT2D eigenvalue weighted by molar-refractivity contribution is 0.0119. The van der Waals surface area contributed by atoms with Gasteiger partial charge < -0.3 is 9.64 Å². The van der Waals surface area contributed by atoms with Gasteiger partial charge in [0.25, 0.3) is 5.91 Å². The number of rotatable bonds is 3. The maximum Gasteiger partial charge on any atom is 0.273 e. The van der Waals surface area contributed by atoms with Gasteiger partial charge in [0, 0.05) is 43.5 Å². The fourth-order valence-electron chi connectivity index (χ4n) is 3.31. The van der Waals surface area contributed by atoms with Gasteiger partial charge in [-0.1, -0.05) is 20.8 Å². The summed E-state index contributed by atoms with van der Waals surface area (Å²) in [6.45, 7) is 11.7. The summed E-state index contributed by atoms with van der Waals surface area (Å²) in [5.74, 6) is 0.973. The van der Waals surface area contributed by atoms with Crippen LogP contribution in [0.5, 0.6) is 0 Å². The molecule has 0 aliphatic carbocycles. The molecular weight excluding hydrogens is 298 g/mol. The van der Waals surface area contributed by atoms with E-state index in [9.17, 15) is 4.79 Å². The van der Waals surface area contributed by atoms with Crippen molar-refractivity contribution in [1.82, 2.24) is 14.8 Å². The Hall–Kier alpha value is -0.980. The molecule has 0 bridgehead atoms. The van der Waals surface area contributed by atoms with Gasteiger partial charge in [0.05, 0.1) is 18.2 Å². The molecule has 0 unspecified atom stereocenters. The Balaban J connectivity index is 1.66. The Morgan fingerprint density at radius 3 is 2.73 bits per heavy atom. The lowest BCUT2D eigenvalue weighted by Crippen LogP contribution is -2.47. The fourth-order valence-corrected chi connectivity index (χ4v) is 4.12. The smallest absolute Gasteiger partial charge is 0.273 e. The lowest BCUT2D eigenvalue weighted by Gasteiger charge is -2.33. The number of morpholine rings is 1. The van der Waals surface area contributed by atoms with Gasteiger partial charge >= 0.3 is 0 Å². The molecule has 0 spiro atoms. The van der Waals surface area contributed by atoms with Crippen LogP contribution in [0.25, 0.3) is 0 Å². The minimum atomic E-state index is 0.0887. The number of amides is 1. The standard InChI is InChI=1S/C16H25N3O2S/c1-11(2)15-17-13(10-22-15)16(20)19-8-12(3)14(9-19)18-4-6-21-7-5-18/h10-12,14H,4-9H2,1-3H3/t12-,14+/m0/s1. The third-order valence-corrected chi connectivity index (χ3v) is 5.75. The van der Waals surface area contributed by atoms with E-state index >= 15 is 0 Å². The average Bonchev–Trinajstić information content (AvgIpc) is 3.14. The monoisotopic (exact) mass is 323 g/mol. The number of hydrogen-bond donors (Lipinski definition) is 0. The first kappa shape index (κ1) is 15.9. The Morgan fingerprint density at radius 1 is 1.36 bits per heavy atom. The van der Waals surface area contributed by atoms with Crippen molar-refractivity contribution in [1.29, 1.82) is 0 Å². The van der Waals surface area contributed by atoms with Gasteiger partial charge in [-0.3, -0.25) is 9.69 Å². The molecule has 0 saturated carbocycles.